The van der Waals surface area contributed by atoms with Crippen LogP contribution in [0.25, 0.3) is 0 Å². The molecule has 0 N–H and O–H groups in total. The van der Waals surface area contributed by atoms with Gasteiger partial charge in [0.2, 0.25) is 0 Å². The molecule has 0 atom stereocenters. The Morgan fingerprint density at radius 3 is 3.00 bits per heavy atom. The van der Waals surface area contributed by atoms with Gasteiger partial charge in [-0.25, -0.2) is 0 Å². The molecule has 0 saturated heterocycles. The molecule has 32 valence electrons. The summed E-state index contributed by atoms with van der Waals surface area (Å²) in [7, 11) is 0. The van der Waals surface area contributed by atoms with E-state index in [1.165, 1.54) is 12.0 Å². The summed E-state index contributed by atoms with van der Waals surface area (Å²) < 4.78 is 4.69. The summed E-state index contributed by atoms with van der Waals surface area (Å²) in [5.74, 6) is 2.89. The molecule has 1 heterocycles. The van der Waals surface area contributed by atoms with Crippen LogP contribution >= 0.6 is 12.0 Å². The predicted molar refractivity (Wildman–Crippen MR) is 25.7 cm³/mol. The Morgan fingerprint density at radius 2 is 2.83 bits per heavy atom. The fraction of sp³-hybridized carbons (Fsp3) is 0.250. The standard InChI is InChI=1S/C4H4OS/c1-2-4-6-5-3-1/h1,3H,2H2. The van der Waals surface area contributed by atoms with Crippen LogP contribution in [0.3, 0.4) is 0 Å². The molecule has 0 aromatic heterocycles. The summed E-state index contributed by atoms with van der Waals surface area (Å²) in [5, 5.41) is 0. The smallest absolute Gasteiger partial charge is 0.0971 e. The van der Waals surface area contributed by atoms with Gasteiger partial charge in [0.1, 0.15) is 0 Å². The molecule has 0 bridgehead atoms. The highest BCUT2D eigenvalue weighted by Crippen LogP contribution is 2.15. The van der Waals surface area contributed by atoms with E-state index in [-0.39, 0.29) is 0 Å². The van der Waals surface area contributed by atoms with Crippen molar-refractivity contribution in [3.8, 4) is 0 Å². The lowest BCUT2D eigenvalue weighted by Gasteiger charge is -1.98. The second kappa shape index (κ2) is 2.13. The lowest BCUT2D eigenvalue weighted by Crippen LogP contribution is -1.74. The maximum absolute atomic E-state index is 4.69. The Labute approximate surface area is 41.6 Å². The zero-order valence-corrected chi connectivity index (χ0v) is 3.99. The van der Waals surface area contributed by atoms with Crippen molar-refractivity contribution in [3.05, 3.63) is 18.1 Å². The van der Waals surface area contributed by atoms with Crippen LogP contribution in [0.4, 0.5) is 0 Å². The molecule has 1 rings (SSSR count). The van der Waals surface area contributed by atoms with Crippen molar-refractivity contribution in [2.24, 2.45) is 0 Å². The summed E-state index contributed by atoms with van der Waals surface area (Å²) in [6.45, 7) is 0. The molecule has 0 aromatic rings. The number of rotatable bonds is 0. The molecular formula is C4H4OS. The second-order valence-electron chi connectivity index (χ2n) is 0.900. The van der Waals surface area contributed by atoms with E-state index in [2.05, 4.69) is 5.75 Å². The van der Waals surface area contributed by atoms with Gasteiger partial charge in [0, 0.05) is 0 Å². The Bertz CT molecular complexity index is 52.6. The van der Waals surface area contributed by atoms with Crippen LogP contribution in [0.5, 0.6) is 0 Å². The number of hydrogen-bond donors (Lipinski definition) is 0. The molecule has 0 unspecified atom stereocenters. The largest absolute Gasteiger partial charge is 0.433 e. The minimum Gasteiger partial charge on any atom is -0.433 e. The fourth-order valence-electron chi connectivity index (χ4n) is 0.231. The lowest BCUT2D eigenvalue weighted by molar-refractivity contribution is 0.559. The van der Waals surface area contributed by atoms with Gasteiger partial charge in [0.05, 0.1) is 24.1 Å². The van der Waals surface area contributed by atoms with Gasteiger partial charge < -0.3 is 4.18 Å². The summed E-state index contributed by atoms with van der Waals surface area (Å²) in [5.41, 5.74) is 0. The third-order valence-electron chi connectivity index (χ3n) is 0.460. The van der Waals surface area contributed by atoms with E-state index in [4.69, 9.17) is 4.18 Å². The van der Waals surface area contributed by atoms with E-state index in [1.54, 1.807) is 6.26 Å². The molecule has 1 aliphatic heterocycles. The average Bonchev–Trinajstić information content (AvgIpc) is 1.72. The summed E-state index contributed by atoms with van der Waals surface area (Å²) in [6, 6.07) is 0. The first-order valence-electron chi connectivity index (χ1n) is 1.70. The van der Waals surface area contributed by atoms with Crippen molar-refractivity contribution in [3.63, 3.8) is 0 Å². The first-order chi connectivity index (χ1) is 3.00. The van der Waals surface area contributed by atoms with Gasteiger partial charge in [-0.05, 0) is 12.5 Å². The predicted octanol–water partition coefficient (Wildman–Crippen LogP) is 1.61. The highest BCUT2D eigenvalue weighted by Gasteiger charge is 1.90. The molecular weight excluding hydrogens is 96.1 g/mol. The fourth-order valence-corrected chi connectivity index (χ4v) is 0.598. The van der Waals surface area contributed by atoms with Crippen molar-refractivity contribution in [1.29, 1.82) is 0 Å². The monoisotopic (exact) mass is 100.0 g/mol. The highest BCUT2D eigenvalue weighted by atomic mass is 32.2. The van der Waals surface area contributed by atoms with Gasteiger partial charge in [-0.3, -0.25) is 0 Å². The molecule has 2 heteroatoms. The van der Waals surface area contributed by atoms with Gasteiger partial charge in [-0.1, -0.05) is 0 Å². The lowest BCUT2D eigenvalue weighted by atomic mass is 10.5. The van der Waals surface area contributed by atoms with Crippen molar-refractivity contribution < 1.29 is 4.18 Å². The van der Waals surface area contributed by atoms with Crippen LogP contribution in [-0.4, -0.2) is 0 Å². The van der Waals surface area contributed by atoms with Crippen LogP contribution < -0.4 is 0 Å². The van der Waals surface area contributed by atoms with E-state index >= 15 is 0 Å². The third kappa shape index (κ3) is 0.937. The van der Waals surface area contributed by atoms with E-state index in [9.17, 15) is 0 Å². The molecule has 1 nitrogen and oxygen atoms in total. The summed E-state index contributed by atoms with van der Waals surface area (Å²) in [6.07, 6.45) is 4.49. The normalized spacial score (nSPS) is 20.0. The van der Waals surface area contributed by atoms with E-state index < -0.39 is 0 Å². The first-order valence-corrected chi connectivity index (χ1v) is 2.44. The van der Waals surface area contributed by atoms with Crippen LogP contribution in [0.2, 0.25) is 0 Å². The Kier molecular flexibility index (Phi) is 1.44. The summed E-state index contributed by atoms with van der Waals surface area (Å²) in [4.78, 5) is 0. The average molecular weight is 100 g/mol. The van der Waals surface area contributed by atoms with E-state index in [0.717, 1.165) is 6.42 Å². The minimum atomic E-state index is 0.907. The van der Waals surface area contributed by atoms with Crippen molar-refractivity contribution in [2.75, 3.05) is 0 Å². The molecule has 6 heavy (non-hydrogen) atoms. The highest BCUT2D eigenvalue weighted by molar-refractivity contribution is 7.96. The number of hydrogen-bond acceptors (Lipinski definition) is 2. The van der Waals surface area contributed by atoms with E-state index in [1.807, 2.05) is 6.08 Å². The van der Waals surface area contributed by atoms with Gasteiger partial charge in [-0.15, -0.1) is 0 Å². The molecule has 0 spiro atoms. The van der Waals surface area contributed by atoms with E-state index in [0.29, 0.717) is 0 Å². The topological polar surface area (TPSA) is 9.23 Å². The van der Waals surface area contributed by atoms with Crippen LogP contribution in [-0.2, 0) is 4.18 Å². The Balaban J connectivity index is 2.26. The molecule has 0 aliphatic carbocycles. The van der Waals surface area contributed by atoms with Crippen LogP contribution in [0, 0.1) is 5.75 Å². The Hall–Kier alpha value is -0.110. The molecule has 2 radical (unpaired) electrons. The van der Waals surface area contributed by atoms with Gasteiger partial charge >= 0.3 is 0 Å². The Morgan fingerprint density at radius 1 is 1.83 bits per heavy atom. The van der Waals surface area contributed by atoms with Gasteiger partial charge in [0.15, 0.2) is 0 Å². The molecule has 0 fully saturated rings. The second-order valence-corrected chi connectivity index (χ2v) is 1.55. The molecule has 0 amide bonds. The van der Waals surface area contributed by atoms with Gasteiger partial charge in [-0.2, -0.15) is 0 Å². The molecule has 0 saturated carbocycles. The van der Waals surface area contributed by atoms with Crippen molar-refractivity contribution in [2.45, 2.75) is 6.42 Å². The molecule has 0 aromatic carbocycles. The van der Waals surface area contributed by atoms with Crippen molar-refractivity contribution in [1.82, 2.24) is 0 Å². The first kappa shape index (κ1) is 4.06. The summed E-state index contributed by atoms with van der Waals surface area (Å²) >= 11 is 1.26. The van der Waals surface area contributed by atoms with Gasteiger partial charge in [0.25, 0.3) is 0 Å². The molecule has 1 aliphatic rings. The zero-order valence-electron chi connectivity index (χ0n) is 3.18. The maximum atomic E-state index is 4.69. The quantitative estimate of drug-likeness (QED) is 0.428. The number of allylic oxidation sites excluding steroid dienone is 1. The SMILES string of the molecule is [C]1CC=COS1. The van der Waals surface area contributed by atoms with Crippen molar-refractivity contribution >= 4 is 12.0 Å². The van der Waals surface area contributed by atoms with Crippen LogP contribution in [0.15, 0.2) is 12.3 Å². The minimum absolute atomic E-state index is 0.907. The van der Waals surface area contributed by atoms with Crippen LogP contribution in [0.1, 0.15) is 6.42 Å². The maximum Gasteiger partial charge on any atom is 0.0971 e. The third-order valence-corrected chi connectivity index (χ3v) is 0.952. The zero-order chi connectivity index (χ0) is 4.24.